The minimum Gasteiger partial charge on any atom is -0.387 e. The third-order valence-corrected chi connectivity index (χ3v) is 3.19. The van der Waals surface area contributed by atoms with Gasteiger partial charge in [0.15, 0.2) is 12.2 Å². The average molecular weight is 404 g/mol. The van der Waals surface area contributed by atoms with E-state index < -0.39 is 36.1 Å². The largest absolute Gasteiger partial charge is 0.387 e. The molecule has 2 aromatic rings. The Balaban J connectivity index is 0.00000364. The van der Waals surface area contributed by atoms with Gasteiger partial charge in [-0.25, -0.2) is 19.2 Å². The van der Waals surface area contributed by atoms with Crippen molar-refractivity contribution in [2.75, 3.05) is 0 Å². The fraction of sp³-hybridized carbons (Fsp3) is 0.111. The van der Waals surface area contributed by atoms with Gasteiger partial charge in [0.2, 0.25) is 0 Å². The van der Waals surface area contributed by atoms with Crippen molar-refractivity contribution in [2.45, 2.75) is 12.2 Å². The van der Waals surface area contributed by atoms with E-state index in [-0.39, 0.29) is 70.2 Å². The van der Waals surface area contributed by atoms with Gasteiger partial charge >= 0.3 is 23.9 Å². The van der Waals surface area contributed by atoms with Crippen LogP contribution in [0.3, 0.4) is 0 Å². The second kappa shape index (κ2) is 13.0. The number of ether oxygens (including phenoxy) is 2. The second-order valence-corrected chi connectivity index (χ2v) is 5.04. The molecule has 2 radical (unpaired) electrons. The van der Waals surface area contributed by atoms with Crippen LogP contribution < -0.4 is 0 Å². The molecule has 2 atom stereocenters. The molecule has 2 unspecified atom stereocenters. The van der Waals surface area contributed by atoms with Crippen molar-refractivity contribution < 1.29 is 38.9 Å². The molecule has 0 amide bonds. The Morgan fingerprint density at radius 1 is 0.607 bits per heavy atom. The molecule has 0 saturated heterocycles. The normalized spacial score (nSPS) is 11.6. The molecule has 2 N–H and O–H groups in total. The molecular formula is C18H14Na2O8. The topological polar surface area (TPSA) is 127 Å². The molecule has 10 heteroatoms. The zero-order chi connectivity index (χ0) is 19.1. The second-order valence-electron chi connectivity index (χ2n) is 5.04. The maximum Gasteiger partial charge on any atom is 0.346 e. The number of aliphatic hydroxyl groups is 2. The van der Waals surface area contributed by atoms with Crippen molar-refractivity contribution in [2.24, 2.45) is 0 Å². The molecule has 0 fully saturated rings. The Morgan fingerprint density at radius 2 is 0.893 bits per heavy atom. The summed E-state index contributed by atoms with van der Waals surface area (Å²) in [5.74, 6) is -5.27. The van der Waals surface area contributed by atoms with Gasteiger partial charge in [-0.15, -0.1) is 0 Å². The van der Waals surface area contributed by atoms with Gasteiger partial charge in [0, 0.05) is 59.1 Å². The zero-order valence-electron chi connectivity index (χ0n) is 15.3. The van der Waals surface area contributed by atoms with Gasteiger partial charge in [0.1, 0.15) is 0 Å². The minimum atomic E-state index is -2.40. The summed E-state index contributed by atoms with van der Waals surface area (Å²) in [7, 11) is 0. The van der Waals surface area contributed by atoms with Gasteiger partial charge in [-0.3, -0.25) is 0 Å². The average Bonchev–Trinajstić information content (AvgIpc) is 2.67. The van der Waals surface area contributed by atoms with Crippen LogP contribution in [0.15, 0.2) is 60.7 Å². The van der Waals surface area contributed by atoms with E-state index in [4.69, 9.17) is 0 Å². The number of hydrogen-bond donors (Lipinski definition) is 2. The fourth-order valence-corrected chi connectivity index (χ4v) is 1.83. The van der Waals surface area contributed by atoms with Crippen molar-refractivity contribution in [3.8, 4) is 0 Å². The first-order chi connectivity index (χ1) is 12.4. The number of benzene rings is 2. The van der Waals surface area contributed by atoms with Crippen LogP contribution in [0.25, 0.3) is 0 Å². The summed E-state index contributed by atoms with van der Waals surface area (Å²) in [6.45, 7) is 0. The number of carbonyl (C=O) groups is 4. The van der Waals surface area contributed by atoms with Crippen LogP contribution in [0.4, 0.5) is 0 Å². The van der Waals surface area contributed by atoms with E-state index in [0.29, 0.717) is 0 Å². The van der Waals surface area contributed by atoms with E-state index in [1.165, 1.54) is 48.5 Å². The standard InChI is InChI=1S/C18H14O8.2Na/c19-13(17(23)25-15(21)11-7-3-1-4-8-11)14(20)18(24)26-16(22)12-9-5-2-6-10-12;;/h1-10,13-14,19-20H;;. The van der Waals surface area contributed by atoms with Crippen LogP contribution in [-0.4, -0.2) is 105 Å². The Hall–Kier alpha value is -1.36. The molecule has 0 aromatic heterocycles. The molecule has 28 heavy (non-hydrogen) atoms. The fourth-order valence-electron chi connectivity index (χ4n) is 1.83. The van der Waals surface area contributed by atoms with Crippen molar-refractivity contribution in [3.05, 3.63) is 71.8 Å². The molecular weight excluding hydrogens is 390 g/mol. The third-order valence-electron chi connectivity index (χ3n) is 3.19. The van der Waals surface area contributed by atoms with Gasteiger partial charge in [0.05, 0.1) is 11.1 Å². The predicted molar refractivity (Wildman–Crippen MR) is 97.3 cm³/mol. The summed E-state index contributed by atoms with van der Waals surface area (Å²) in [6, 6.07) is 14.8. The van der Waals surface area contributed by atoms with E-state index in [1.54, 1.807) is 12.1 Å². The van der Waals surface area contributed by atoms with Crippen LogP contribution in [-0.2, 0) is 19.1 Å². The first-order valence-electron chi connectivity index (χ1n) is 7.38. The number of carbonyl (C=O) groups excluding carboxylic acids is 4. The van der Waals surface area contributed by atoms with Gasteiger partial charge in [-0.2, -0.15) is 0 Å². The summed E-state index contributed by atoms with van der Waals surface area (Å²) in [6.07, 6.45) is -4.81. The first-order valence-corrected chi connectivity index (χ1v) is 7.38. The molecule has 0 aliphatic carbocycles. The Bertz CT molecular complexity index is 741. The van der Waals surface area contributed by atoms with E-state index in [2.05, 4.69) is 9.47 Å². The minimum absolute atomic E-state index is 0. The molecule has 0 saturated carbocycles. The van der Waals surface area contributed by atoms with Gasteiger partial charge in [-0.05, 0) is 24.3 Å². The monoisotopic (exact) mass is 404 g/mol. The van der Waals surface area contributed by atoms with E-state index in [0.717, 1.165) is 0 Å². The van der Waals surface area contributed by atoms with Gasteiger partial charge in [-0.1, -0.05) is 36.4 Å². The molecule has 2 aromatic carbocycles. The number of hydrogen-bond acceptors (Lipinski definition) is 8. The van der Waals surface area contributed by atoms with Crippen LogP contribution in [0, 0.1) is 0 Å². The molecule has 0 heterocycles. The van der Waals surface area contributed by atoms with E-state index in [9.17, 15) is 29.4 Å². The molecule has 136 valence electrons. The van der Waals surface area contributed by atoms with Gasteiger partial charge < -0.3 is 19.7 Å². The third kappa shape index (κ3) is 7.57. The SMILES string of the molecule is O=C(OC(=O)C(O)C(O)C(=O)OC(=O)c1ccccc1)c1ccccc1.[Na].[Na]. The van der Waals surface area contributed by atoms with Crippen molar-refractivity contribution in [3.63, 3.8) is 0 Å². The summed E-state index contributed by atoms with van der Waals surface area (Å²) in [5, 5.41) is 19.3. The summed E-state index contributed by atoms with van der Waals surface area (Å²) >= 11 is 0. The predicted octanol–water partition coefficient (Wildman–Crippen LogP) is -0.286. The summed E-state index contributed by atoms with van der Waals surface area (Å²) in [4.78, 5) is 46.8. The van der Waals surface area contributed by atoms with Crippen LogP contribution in [0.1, 0.15) is 20.7 Å². The van der Waals surface area contributed by atoms with Crippen molar-refractivity contribution in [1.82, 2.24) is 0 Å². The van der Waals surface area contributed by atoms with Crippen LogP contribution >= 0.6 is 0 Å². The molecule has 8 nitrogen and oxygen atoms in total. The molecule has 0 spiro atoms. The van der Waals surface area contributed by atoms with E-state index >= 15 is 0 Å². The Labute approximate surface area is 204 Å². The zero-order valence-corrected chi connectivity index (χ0v) is 19.3. The Kier molecular flexibility index (Phi) is 12.3. The van der Waals surface area contributed by atoms with E-state index in [1.807, 2.05) is 0 Å². The quantitative estimate of drug-likeness (QED) is 0.396. The molecule has 0 bridgehead atoms. The smallest absolute Gasteiger partial charge is 0.346 e. The molecule has 2 rings (SSSR count). The number of esters is 4. The van der Waals surface area contributed by atoms with Crippen molar-refractivity contribution >= 4 is 83.0 Å². The first kappa shape index (κ1) is 26.6. The maximum absolute atomic E-state index is 11.7. The van der Waals surface area contributed by atoms with Crippen LogP contribution in [0.5, 0.6) is 0 Å². The van der Waals surface area contributed by atoms with Crippen molar-refractivity contribution in [1.29, 1.82) is 0 Å². The molecule has 0 aliphatic rings. The molecule has 0 aliphatic heterocycles. The Morgan fingerprint density at radius 3 is 1.18 bits per heavy atom. The summed E-state index contributed by atoms with van der Waals surface area (Å²) in [5.41, 5.74) is 0.0637. The van der Waals surface area contributed by atoms with Gasteiger partial charge in [0.25, 0.3) is 0 Å². The number of rotatable bonds is 5. The number of aliphatic hydroxyl groups excluding tert-OH is 2. The van der Waals surface area contributed by atoms with Crippen LogP contribution in [0.2, 0.25) is 0 Å². The maximum atomic E-state index is 11.7. The summed E-state index contributed by atoms with van der Waals surface area (Å²) < 4.78 is 8.76.